The first-order valence-corrected chi connectivity index (χ1v) is 9.97. The van der Waals surface area contributed by atoms with Gasteiger partial charge in [0.05, 0.1) is 10.5 Å². The summed E-state index contributed by atoms with van der Waals surface area (Å²) in [6.07, 6.45) is -2.81. The van der Waals surface area contributed by atoms with E-state index in [0.29, 0.717) is 17.6 Å². The monoisotopic (exact) mass is 448 g/mol. The van der Waals surface area contributed by atoms with E-state index in [1.807, 2.05) is 17.5 Å². The van der Waals surface area contributed by atoms with Crippen molar-refractivity contribution in [1.82, 2.24) is 14.7 Å². The summed E-state index contributed by atoms with van der Waals surface area (Å²) in [6, 6.07) is 1.37. The summed E-state index contributed by atoms with van der Waals surface area (Å²) in [7, 11) is 0. The number of carbonyl (C=O) groups is 1. The average Bonchev–Trinajstić information content (AvgIpc) is 3.34. The number of rotatable bonds is 2. The molecule has 2 unspecified atom stereocenters. The molecule has 5 nitrogen and oxygen atoms in total. The fourth-order valence-electron chi connectivity index (χ4n) is 3.47. The summed E-state index contributed by atoms with van der Waals surface area (Å²) in [5.41, 5.74) is 0.0375. The summed E-state index contributed by atoms with van der Waals surface area (Å²) in [6.45, 7) is 1.23. The van der Waals surface area contributed by atoms with E-state index in [2.05, 4.69) is 26.3 Å². The summed E-state index contributed by atoms with van der Waals surface area (Å²) in [5.74, 6) is -0.119. The molecule has 1 N–H and O–H groups in total. The second-order valence-corrected chi connectivity index (χ2v) is 8.23. The lowest BCUT2D eigenvalue weighted by Gasteiger charge is -2.33. The second kappa shape index (κ2) is 6.56. The Morgan fingerprint density at radius 3 is 2.69 bits per heavy atom. The van der Waals surface area contributed by atoms with Gasteiger partial charge >= 0.3 is 6.18 Å². The van der Waals surface area contributed by atoms with Gasteiger partial charge in [-0.25, -0.2) is 4.68 Å². The predicted octanol–water partition coefficient (Wildman–Crippen LogP) is 4.60. The molecule has 2 aliphatic heterocycles. The third-order valence-electron chi connectivity index (χ3n) is 4.78. The van der Waals surface area contributed by atoms with Crippen molar-refractivity contribution < 1.29 is 18.0 Å². The van der Waals surface area contributed by atoms with Crippen LogP contribution in [0.2, 0.25) is 0 Å². The highest BCUT2D eigenvalue weighted by Crippen LogP contribution is 2.47. The maximum atomic E-state index is 13.7. The third-order valence-corrected chi connectivity index (χ3v) is 6.52. The number of nitrogens with one attached hydrogen (secondary N) is 1. The molecule has 2 aliphatic rings. The van der Waals surface area contributed by atoms with Crippen LogP contribution in [0.15, 0.2) is 22.0 Å². The number of amides is 1. The Kier molecular flexibility index (Phi) is 4.50. The van der Waals surface area contributed by atoms with Gasteiger partial charge in [0.15, 0.2) is 11.7 Å². The number of hydrogen-bond donors (Lipinski definition) is 1. The third kappa shape index (κ3) is 3.02. The summed E-state index contributed by atoms with van der Waals surface area (Å²) in [5, 5.41) is 9.02. The molecule has 0 aromatic carbocycles. The van der Waals surface area contributed by atoms with Crippen LogP contribution in [0.4, 0.5) is 19.0 Å². The highest BCUT2D eigenvalue weighted by Gasteiger charge is 2.48. The van der Waals surface area contributed by atoms with Crippen LogP contribution < -0.4 is 5.32 Å². The molecule has 140 valence electrons. The number of fused-ring (bicyclic) bond motifs is 1. The Hall–Kier alpha value is -1.55. The zero-order valence-corrected chi connectivity index (χ0v) is 16.0. The fraction of sp³-hybridized carbons (Fsp3) is 0.500. The molecule has 2 aromatic rings. The summed E-state index contributed by atoms with van der Waals surface area (Å²) in [4.78, 5) is 15.1. The molecule has 2 atom stereocenters. The number of halogens is 4. The molecule has 1 amide bonds. The standard InChI is InChI=1S/C16H16BrF3N4OS/c17-12-13(15(25)23-5-1-2-6-23)22-24-11(16(18,19)20)8-9(21-14(12)24)10-4-3-7-26-10/h3-4,7,9,11,21H,1-2,5-6,8H2. The van der Waals surface area contributed by atoms with E-state index in [0.717, 1.165) is 22.4 Å². The number of carbonyl (C=O) groups excluding carboxylic acids is 1. The zero-order valence-electron chi connectivity index (χ0n) is 13.6. The lowest BCUT2D eigenvalue weighted by molar-refractivity contribution is -0.173. The largest absolute Gasteiger partial charge is 0.410 e. The van der Waals surface area contributed by atoms with Crippen molar-refractivity contribution in [2.45, 2.75) is 37.5 Å². The van der Waals surface area contributed by atoms with E-state index in [-0.39, 0.29) is 23.8 Å². The molecule has 2 aromatic heterocycles. The van der Waals surface area contributed by atoms with Gasteiger partial charge < -0.3 is 10.2 Å². The Labute approximate surface area is 160 Å². The van der Waals surface area contributed by atoms with Gasteiger partial charge in [-0.1, -0.05) is 6.07 Å². The average molecular weight is 449 g/mol. The van der Waals surface area contributed by atoms with Gasteiger partial charge in [-0.3, -0.25) is 4.79 Å². The van der Waals surface area contributed by atoms with Gasteiger partial charge in [0.2, 0.25) is 0 Å². The van der Waals surface area contributed by atoms with Gasteiger partial charge in [-0.2, -0.15) is 18.3 Å². The minimum absolute atomic E-state index is 0.0375. The first kappa shape index (κ1) is 17.8. The van der Waals surface area contributed by atoms with Crippen LogP contribution in [0, 0.1) is 0 Å². The van der Waals surface area contributed by atoms with E-state index < -0.39 is 18.3 Å². The minimum atomic E-state index is -4.45. The van der Waals surface area contributed by atoms with E-state index in [4.69, 9.17) is 0 Å². The molecule has 1 fully saturated rings. The van der Waals surface area contributed by atoms with Gasteiger partial charge in [0, 0.05) is 24.4 Å². The van der Waals surface area contributed by atoms with Crippen LogP contribution >= 0.6 is 27.3 Å². The molecule has 0 spiro atoms. The van der Waals surface area contributed by atoms with Crippen LogP contribution in [0.1, 0.15) is 46.7 Å². The molecule has 0 radical (unpaired) electrons. The molecular weight excluding hydrogens is 433 g/mol. The zero-order chi connectivity index (χ0) is 18.5. The Balaban J connectivity index is 1.74. The number of nitrogens with zero attached hydrogens (tertiary/aromatic N) is 3. The van der Waals surface area contributed by atoms with E-state index in [1.165, 1.54) is 11.3 Å². The fourth-order valence-corrected chi connectivity index (χ4v) is 4.81. The van der Waals surface area contributed by atoms with Crippen LogP contribution in [0.5, 0.6) is 0 Å². The highest BCUT2D eigenvalue weighted by molar-refractivity contribution is 9.10. The quantitative estimate of drug-likeness (QED) is 0.729. The molecule has 4 heterocycles. The van der Waals surface area contributed by atoms with E-state index >= 15 is 0 Å². The van der Waals surface area contributed by atoms with Gasteiger partial charge in [-0.15, -0.1) is 11.3 Å². The number of hydrogen-bond acceptors (Lipinski definition) is 4. The number of thiophene rings is 1. The molecule has 10 heteroatoms. The summed E-state index contributed by atoms with van der Waals surface area (Å²) < 4.78 is 42.3. The molecule has 4 rings (SSSR count). The van der Waals surface area contributed by atoms with Gasteiger partial charge in [0.1, 0.15) is 5.82 Å². The smallest absolute Gasteiger partial charge is 0.362 e. The van der Waals surface area contributed by atoms with E-state index in [1.54, 1.807) is 4.90 Å². The van der Waals surface area contributed by atoms with Crippen molar-refractivity contribution in [3.8, 4) is 0 Å². The Morgan fingerprint density at radius 2 is 2.08 bits per heavy atom. The topological polar surface area (TPSA) is 50.2 Å². The van der Waals surface area contributed by atoms with Gasteiger partial charge in [-0.05, 0) is 40.2 Å². The Morgan fingerprint density at radius 1 is 1.35 bits per heavy atom. The minimum Gasteiger partial charge on any atom is -0.362 e. The first-order chi connectivity index (χ1) is 12.4. The van der Waals surface area contributed by atoms with Crippen molar-refractivity contribution >= 4 is 39.0 Å². The predicted molar refractivity (Wildman–Crippen MR) is 95.5 cm³/mol. The molecule has 26 heavy (non-hydrogen) atoms. The first-order valence-electron chi connectivity index (χ1n) is 8.30. The molecule has 0 aliphatic carbocycles. The summed E-state index contributed by atoms with van der Waals surface area (Å²) >= 11 is 4.72. The highest BCUT2D eigenvalue weighted by atomic mass is 79.9. The molecule has 0 saturated carbocycles. The van der Waals surface area contributed by atoms with Crippen molar-refractivity contribution in [2.24, 2.45) is 0 Å². The number of aromatic nitrogens is 2. The lowest BCUT2D eigenvalue weighted by atomic mass is 10.0. The second-order valence-electron chi connectivity index (χ2n) is 6.46. The SMILES string of the molecule is O=C(c1nn2c(c1Br)NC(c1cccs1)CC2C(F)(F)F)N1CCCC1. The molecular formula is C16H16BrF3N4OS. The maximum absolute atomic E-state index is 13.7. The number of anilines is 1. The van der Waals surface area contributed by atoms with Crippen molar-refractivity contribution in [2.75, 3.05) is 18.4 Å². The van der Waals surface area contributed by atoms with Crippen LogP contribution in [0.25, 0.3) is 0 Å². The molecule has 0 bridgehead atoms. The van der Waals surface area contributed by atoms with Gasteiger partial charge in [0.25, 0.3) is 5.91 Å². The van der Waals surface area contributed by atoms with E-state index in [9.17, 15) is 18.0 Å². The number of likely N-dealkylation sites (tertiary alicyclic amines) is 1. The van der Waals surface area contributed by atoms with Crippen LogP contribution in [-0.2, 0) is 0 Å². The van der Waals surface area contributed by atoms with Crippen molar-refractivity contribution in [3.63, 3.8) is 0 Å². The number of alkyl halides is 3. The van der Waals surface area contributed by atoms with Crippen molar-refractivity contribution in [3.05, 3.63) is 32.6 Å². The Bertz CT molecular complexity index is 814. The van der Waals surface area contributed by atoms with Crippen molar-refractivity contribution in [1.29, 1.82) is 0 Å². The maximum Gasteiger partial charge on any atom is 0.410 e. The molecule has 1 saturated heterocycles. The lowest BCUT2D eigenvalue weighted by Crippen LogP contribution is -2.35. The van der Waals surface area contributed by atoms with Crippen LogP contribution in [-0.4, -0.2) is 39.9 Å². The van der Waals surface area contributed by atoms with Crippen LogP contribution in [0.3, 0.4) is 0 Å². The normalized spacial score (nSPS) is 23.0.